The van der Waals surface area contributed by atoms with Crippen LogP contribution in [0.1, 0.15) is 0 Å². The van der Waals surface area contributed by atoms with E-state index in [2.05, 4.69) is 10.2 Å². The maximum absolute atomic E-state index is 13.1. The SMILES string of the molecule is COCCn1cnnc1-c1cc(F)cc(F)c1. The van der Waals surface area contributed by atoms with Gasteiger partial charge in [0.2, 0.25) is 0 Å². The van der Waals surface area contributed by atoms with Crippen molar-refractivity contribution in [3.63, 3.8) is 0 Å². The van der Waals surface area contributed by atoms with Gasteiger partial charge in [-0.1, -0.05) is 0 Å². The molecule has 0 amide bonds. The molecule has 1 aromatic heterocycles. The summed E-state index contributed by atoms with van der Waals surface area (Å²) in [6.45, 7) is 1.000. The Labute approximate surface area is 96.9 Å². The first-order valence-corrected chi connectivity index (χ1v) is 5.04. The van der Waals surface area contributed by atoms with E-state index in [4.69, 9.17) is 4.74 Å². The number of aromatic nitrogens is 3. The molecule has 6 heteroatoms. The third kappa shape index (κ3) is 2.65. The zero-order chi connectivity index (χ0) is 12.3. The largest absolute Gasteiger partial charge is 0.383 e. The molecule has 1 heterocycles. The minimum absolute atomic E-state index is 0.358. The lowest BCUT2D eigenvalue weighted by Crippen LogP contribution is -2.05. The molecule has 0 fully saturated rings. The van der Waals surface area contributed by atoms with Gasteiger partial charge in [-0.15, -0.1) is 10.2 Å². The van der Waals surface area contributed by atoms with E-state index in [0.29, 0.717) is 24.5 Å². The molecule has 17 heavy (non-hydrogen) atoms. The van der Waals surface area contributed by atoms with Crippen molar-refractivity contribution >= 4 is 0 Å². The molecule has 0 saturated carbocycles. The molecule has 0 radical (unpaired) electrons. The molecule has 0 bridgehead atoms. The summed E-state index contributed by atoms with van der Waals surface area (Å²) in [6.07, 6.45) is 1.50. The Bertz CT molecular complexity index is 493. The van der Waals surface area contributed by atoms with Crippen molar-refractivity contribution in [3.05, 3.63) is 36.2 Å². The molecule has 1 aromatic carbocycles. The van der Waals surface area contributed by atoms with Gasteiger partial charge in [0.1, 0.15) is 18.0 Å². The summed E-state index contributed by atoms with van der Waals surface area (Å²) in [5.41, 5.74) is 0.358. The number of benzene rings is 1. The monoisotopic (exact) mass is 239 g/mol. The second kappa shape index (κ2) is 5.01. The van der Waals surface area contributed by atoms with E-state index in [0.717, 1.165) is 6.07 Å². The number of ether oxygens (including phenoxy) is 1. The van der Waals surface area contributed by atoms with Crippen molar-refractivity contribution < 1.29 is 13.5 Å². The van der Waals surface area contributed by atoms with Gasteiger partial charge in [-0.3, -0.25) is 0 Å². The standard InChI is InChI=1S/C11H11F2N3O/c1-17-3-2-16-7-14-15-11(16)8-4-9(12)6-10(13)5-8/h4-7H,2-3H2,1H3. The van der Waals surface area contributed by atoms with Crippen LogP contribution < -0.4 is 0 Å². The second-order valence-corrected chi connectivity index (χ2v) is 3.50. The molecule has 0 aliphatic carbocycles. The molecular weight excluding hydrogens is 228 g/mol. The summed E-state index contributed by atoms with van der Waals surface area (Å²) in [7, 11) is 1.58. The highest BCUT2D eigenvalue weighted by molar-refractivity contribution is 5.55. The molecule has 0 spiro atoms. The van der Waals surface area contributed by atoms with E-state index in [1.807, 2.05) is 0 Å². The van der Waals surface area contributed by atoms with E-state index in [1.165, 1.54) is 18.5 Å². The van der Waals surface area contributed by atoms with Gasteiger partial charge < -0.3 is 9.30 Å². The first-order chi connectivity index (χ1) is 8.20. The van der Waals surface area contributed by atoms with Crippen LogP contribution in [-0.2, 0) is 11.3 Å². The number of methoxy groups -OCH3 is 1. The van der Waals surface area contributed by atoms with Gasteiger partial charge in [0.15, 0.2) is 5.82 Å². The highest BCUT2D eigenvalue weighted by atomic mass is 19.1. The number of halogens is 2. The normalized spacial score (nSPS) is 10.8. The van der Waals surface area contributed by atoms with Gasteiger partial charge >= 0.3 is 0 Å². The van der Waals surface area contributed by atoms with E-state index in [1.54, 1.807) is 11.7 Å². The van der Waals surface area contributed by atoms with Crippen LogP contribution in [-0.4, -0.2) is 28.5 Å². The van der Waals surface area contributed by atoms with Gasteiger partial charge in [0, 0.05) is 25.3 Å². The van der Waals surface area contributed by atoms with E-state index < -0.39 is 11.6 Å². The molecule has 0 saturated heterocycles. The summed E-state index contributed by atoms with van der Waals surface area (Å²) >= 11 is 0. The summed E-state index contributed by atoms with van der Waals surface area (Å²) in [6, 6.07) is 3.26. The molecule has 0 unspecified atom stereocenters. The first kappa shape index (κ1) is 11.7. The van der Waals surface area contributed by atoms with Crippen LogP contribution >= 0.6 is 0 Å². The maximum atomic E-state index is 13.1. The van der Waals surface area contributed by atoms with Crippen molar-refractivity contribution in [2.75, 3.05) is 13.7 Å². The van der Waals surface area contributed by atoms with Gasteiger partial charge in [-0.25, -0.2) is 8.78 Å². The molecule has 0 aliphatic heterocycles. The van der Waals surface area contributed by atoms with Crippen molar-refractivity contribution in [1.29, 1.82) is 0 Å². The Morgan fingerprint density at radius 2 is 1.94 bits per heavy atom. The van der Waals surface area contributed by atoms with Crippen LogP contribution in [0, 0.1) is 11.6 Å². The number of hydrogen-bond acceptors (Lipinski definition) is 3. The Balaban J connectivity index is 2.35. The Morgan fingerprint density at radius 1 is 1.24 bits per heavy atom. The maximum Gasteiger partial charge on any atom is 0.164 e. The summed E-state index contributed by atoms with van der Waals surface area (Å²) in [5.74, 6) is -0.858. The fourth-order valence-corrected chi connectivity index (χ4v) is 1.51. The number of hydrogen-bond donors (Lipinski definition) is 0. The number of nitrogens with zero attached hydrogens (tertiary/aromatic N) is 3. The number of rotatable bonds is 4. The molecular formula is C11H11F2N3O. The van der Waals surface area contributed by atoms with Crippen LogP contribution in [0.3, 0.4) is 0 Å². The molecule has 0 aliphatic rings. The van der Waals surface area contributed by atoms with Crippen LogP contribution in [0.2, 0.25) is 0 Å². The van der Waals surface area contributed by atoms with Crippen molar-refractivity contribution in [2.45, 2.75) is 6.54 Å². The highest BCUT2D eigenvalue weighted by Crippen LogP contribution is 2.19. The molecule has 0 N–H and O–H groups in total. The van der Waals surface area contributed by atoms with E-state index >= 15 is 0 Å². The first-order valence-electron chi connectivity index (χ1n) is 5.04. The second-order valence-electron chi connectivity index (χ2n) is 3.50. The third-order valence-electron chi connectivity index (χ3n) is 2.27. The average molecular weight is 239 g/mol. The predicted octanol–water partition coefficient (Wildman–Crippen LogP) is 1.87. The van der Waals surface area contributed by atoms with Gasteiger partial charge in [0.05, 0.1) is 6.61 Å². The Hall–Kier alpha value is -1.82. The fraction of sp³-hybridized carbons (Fsp3) is 0.273. The predicted molar refractivity (Wildman–Crippen MR) is 57.3 cm³/mol. The molecule has 90 valence electrons. The van der Waals surface area contributed by atoms with Crippen LogP contribution in [0.5, 0.6) is 0 Å². The summed E-state index contributed by atoms with van der Waals surface area (Å²) in [4.78, 5) is 0. The van der Waals surface area contributed by atoms with E-state index in [-0.39, 0.29) is 0 Å². The molecule has 0 atom stereocenters. The lowest BCUT2D eigenvalue weighted by Gasteiger charge is -2.06. The van der Waals surface area contributed by atoms with Crippen LogP contribution in [0.4, 0.5) is 8.78 Å². The van der Waals surface area contributed by atoms with Crippen molar-refractivity contribution in [3.8, 4) is 11.4 Å². The fourth-order valence-electron chi connectivity index (χ4n) is 1.51. The zero-order valence-electron chi connectivity index (χ0n) is 9.23. The molecule has 2 rings (SSSR count). The molecule has 4 nitrogen and oxygen atoms in total. The highest BCUT2D eigenvalue weighted by Gasteiger charge is 2.09. The molecule has 2 aromatic rings. The zero-order valence-corrected chi connectivity index (χ0v) is 9.23. The minimum atomic E-state index is -0.638. The lowest BCUT2D eigenvalue weighted by atomic mass is 10.2. The Morgan fingerprint density at radius 3 is 2.59 bits per heavy atom. The van der Waals surface area contributed by atoms with Gasteiger partial charge in [-0.05, 0) is 12.1 Å². The van der Waals surface area contributed by atoms with Crippen molar-refractivity contribution in [1.82, 2.24) is 14.8 Å². The van der Waals surface area contributed by atoms with Crippen LogP contribution in [0.25, 0.3) is 11.4 Å². The van der Waals surface area contributed by atoms with Gasteiger partial charge in [0.25, 0.3) is 0 Å². The van der Waals surface area contributed by atoms with Gasteiger partial charge in [-0.2, -0.15) is 0 Å². The van der Waals surface area contributed by atoms with Crippen molar-refractivity contribution in [2.24, 2.45) is 0 Å². The third-order valence-corrected chi connectivity index (χ3v) is 2.27. The topological polar surface area (TPSA) is 39.9 Å². The smallest absolute Gasteiger partial charge is 0.164 e. The minimum Gasteiger partial charge on any atom is -0.383 e. The Kier molecular flexibility index (Phi) is 3.43. The van der Waals surface area contributed by atoms with E-state index in [9.17, 15) is 8.78 Å². The summed E-state index contributed by atoms with van der Waals surface area (Å²) in [5, 5.41) is 7.57. The quantitative estimate of drug-likeness (QED) is 0.817. The van der Waals surface area contributed by atoms with Crippen LogP contribution in [0.15, 0.2) is 24.5 Å². The lowest BCUT2D eigenvalue weighted by molar-refractivity contribution is 0.187. The summed E-state index contributed by atoms with van der Waals surface area (Å²) < 4.78 is 32.8. The average Bonchev–Trinajstić information content (AvgIpc) is 2.73.